The van der Waals surface area contributed by atoms with E-state index in [-0.39, 0.29) is 5.43 Å². The van der Waals surface area contributed by atoms with Crippen molar-refractivity contribution in [1.82, 2.24) is 9.88 Å². The lowest BCUT2D eigenvalue weighted by molar-refractivity contribution is 0.522. The fourth-order valence-corrected chi connectivity index (χ4v) is 3.53. The highest BCUT2D eigenvalue weighted by Crippen LogP contribution is 2.19. The smallest absolute Gasteiger partial charge is 0.186 e. The summed E-state index contributed by atoms with van der Waals surface area (Å²) in [5.74, 6) is 0. The van der Waals surface area contributed by atoms with Crippen molar-refractivity contribution in [2.45, 2.75) is 59.0 Å². The van der Waals surface area contributed by atoms with Crippen LogP contribution in [0.3, 0.4) is 0 Å². The predicted octanol–water partition coefficient (Wildman–Crippen LogP) is 3.79. The summed E-state index contributed by atoms with van der Waals surface area (Å²) in [6.07, 6.45) is 7.09. The Hall–Kier alpha value is -1.87. The van der Waals surface area contributed by atoms with Gasteiger partial charge in [-0.05, 0) is 45.2 Å². The number of aryl methyl sites for hydroxylation is 3. The highest BCUT2D eigenvalue weighted by Gasteiger charge is 2.15. The molecule has 1 fully saturated rings. The van der Waals surface area contributed by atoms with Crippen molar-refractivity contribution in [3.63, 3.8) is 0 Å². The van der Waals surface area contributed by atoms with E-state index in [1.807, 2.05) is 13.1 Å². The number of pyridine rings is 1. The van der Waals surface area contributed by atoms with Gasteiger partial charge in [0.2, 0.25) is 0 Å². The first-order chi connectivity index (χ1) is 11.0. The summed E-state index contributed by atoms with van der Waals surface area (Å²) >= 11 is 0. The predicted molar refractivity (Wildman–Crippen MR) is 95.3 cm³/mol. The Morgan fingerprint density at radius 3 is 2.57 bits per heavy atom. The van der Waals surface area contributed by atoms with E-state index in [4.69, 9.17) is 0 Å². The molecule has 2 aromatic rings. The second-order valence-corrected chi connectivity index (χ2v) is 6.83. The van der Waals surface area contributed by atoms with Crippen LogP contribution in [0.4, 0.5) is 0 Å². The normalized spacial score (nSPS) is 15.3. The molecule has 0 aliphatic heterocycles. The van der Waals surface area contributed by atoms with Gasteiger partial charge in [-0.3, -0.25) is 4.79 Å². The van der Waals surface area contributed by atoms with Gasteiger partial charge in [-0.25, -0.2) is 0 Å². The topological polar surface area (TPSA) is 34.0 Å². The zero-order valence-electron chi connectivity index (χ0n) is 14.4. The van der Waals surface area contributed by atoms with Crippen LogP contribution in [-0.4, -0.2) is 10.6 Å². The Labute approximate surface area is 138 Å². The molecule has 23 heavy (non-hydrogen) atoms. The highest BCUT2D eigenvalue weighted by atomic mass is 16.1. The summed E-state index contributed by atoms with van der Waals surface area (Å²) in [6, 6.07) is 8.77. The average molecular weight is 310 g/mol. The minimum absolute atomic E-state index is 0.133. The van der Waals surface area contributed by atoms with Crippen LogP contribution in [-0.2, 0) is 6.54 Å². The van der Waals surface area contributed by atoms with E-state index in [9.17, 15) is 4.79 Å². The quantitative estimate of drug-likeness (QED) is 0.932. The maximum atomic E-state index is 12.3. The van der Waals surface area contributed by atoms with Crippen molar-refractivity contribution in [3.05, 3.63) is 63.1 Å². The van der Waals surface area contributed by atoms with Crippen LogP contribution in [0.15, 0.2) is 35.3 Å². The Morgan fingerprint density at radius 2 is 1.87 bits per heavy atom. The summed E-state index contributed by atoms with van der Waals surface area (Å²) in [6.45, 7) is 6.88. The van der Waals surface area contributed by atoms with Crippen molar-refractivity contribution in [1.29, 1.82) is 0 Å². The standard InChI is InChI=1S/C20H26N2O/c1-14-8-9-19(15(2)10-14)22-13-17(20(23)11-16(22)3)12-21-18-6-4-5-7-18/h8-11,13,18,21H,4-7,12H2,1-3H3. The number of hydrogen-bond acceptors (Lipinski definition) is 2. The van der Waals surface area contributed by atoms with Gasteiger partial charge >= 0.3 is 0 Å². The minimum atomic E-state index is 0.133. The lowest BCUT2D eigenvalue weighted by Crippen LogP contribution is -2.28. The Kier molecular flexibility index (Phi) is 4.67. The molecule has 3 rings (SSSR count). The lowest BCUT2D eigenvalue weighted by Gasteiger charge is -2.17. The fourth-order valence-electron chi connectivity index (χ4n) is 3.53. The minimum Gasteiger partial charge on any atom is -0.320 e. The van der Waals surface area contributed by atoms with Crippen molar-refractivity contribution >= 4 is 0 Å². The summed E-state index contributed by atoms with van der Waals surface area (Å²) in [5, 5.41) is 3.55. The summed E-state index contributed by atoms with van der Waals surface area (Å²) in [5.41, 5.74) is 5.60. The van der Waals surface area contributed by atoms with E-state index in [0.29, 0.717) is 12.6 Å². The van der Waals surface area contributed by atoms with Crippen molar-refractivity contribution in [2.75, 3.05) is 0 Å². The number of nitrogens with one attached hydrogen (secondary N) is 1. The molecule has 0 amide bonds. The maximum Gasteiger partial charge on any atom is 0.186 e. The van der Waals surface area contributed by atoms with E-state index >= 15 is 0 Å². The van der Waals surface area contributed by atoms with E-state index in [2.05, 4.69) is 41.9 Å². The number of nitrogens with zero attached hydrogens (tertiary/aromatic N) is 1. The molecule has 3 heteroatoms. The molecule has 1 aromatic heterocycles. The van der Waals surface area contributed by atoms with Gasteiger partial charge in [-0.15, -0.1) is 0 Å². The van der Waals surface area contributed by atoms with Crippen LogP contribution in [0.1, 0.15) is 48.1 Å². The van der Waals surface area contributed by atoms with Crippen molar-refractivity contribution in [2.24, 2.45) is 0 Å². The summed E-state index contributed by atoms with van der Waals surface area (Å²) in [4.78, 5) is 12.3. The maximum absolute atomic E-state index is 12.3. The lowest BCUT2D eigenvalue weighted by atomic mass is 10.1. The summed E-state index contributed by atoms with van der Waals surface area (Å²) in [7, 11) is 0. The number of rotatable bonds is 4. The molecular weight excluding hydrogens is 284 g/mol. The second-order valence-electron chi connectivity index (χ2n) is 6.83. The van der Waals surface area contributed by atoms with Crippen LogP contribution >= 0.6 is 0 Å². The molecule has 1 N–H and O–H groups in total. The van der Waals surface area contributed by atoms with Gasteiger partial charge in [-0.1, -0.05) is 30.5 Å². The van der Waals surface area contributed by atoms with Crippen molar-refractivity contribution < 1.29 is 0 Å². The monoisotopic (exact) mass is 310 g/mol. The first-order valence-corrected chi connectivity index (χ1v) is 8.58. The zero-order chi connectivity index (χ0) is 16.4. The molecule has 1 aliphatic rings. The van der Waals surface area contributed by atoms with Crippen LogP contribution < -0.4 is 10.7 Å². The van der Waals surface area contributed by atoms with E-state index < -0.39 is 0 Å². The zero-order valence-corrected chi connectivity index (χ0v) is 14.4. The van der Waals surface area contributed by atoms with E-state index in [1.165, 1.54) is 36.8 Å². The third kappa shape index (κ3) is 3.56. The third-order valence-corrected chi connectivity index (χ3v) is 4.87. The molecule has 0 radical (unpaired) electrons. The second kappa shape index (κ2) is 6.71. The van der Waals surface area contributed by atoms with E-state index in [1.54, 1.807) is 6.07 Å². The molecule has 0 spiro atoms. The van der Waals surface area contributed by atoms with Gasteiger partial charge in [0.25, 0.3) is 0 Å². The highest BCUT2D eigenvalue weighted by molar-refractivity contribution is 5.44. The van der Waals surface area contributed by atoms with Crippen LogP contribution in [0.2, 0.25) is 0 Å². The number of aromatic nitrogens is 1. The van der Waals surface area contributed by atoms with Gasteiger partial charge in [0.1, 0.15) is 0 Å². The number of hydrogen-bond donors (Lipinski definition) is 1. The molecule has 3 nitrogen and oxygen atoms in total. The average Bonchev–Trinajstić information content (AvgIpc) is 3.01. The Balaban J connectivity index is 1.91. The van der Waals surface area contributed by atoms with Crippen LogP contribution in [0.5, 0.6) is 0 Å². The van der Waals surface area contributed by atoms with Crippen molar-refractivity contribution in [3.8, 4) is 5.69 Å². The molecule has 0 unspecified atom stereocenters. The first-order valence-electron chi connectivity index (χ1n) is 8.58. The van der Waals surface area contributed by atoms with Crippen LogP contribution in [0, 0.1) is 20.8 Å². The van der Waals surface area contributed by atoms with Gasteiger partial charge in [0.05, 0.1) is 0 Å². The molecule has 1 saturated carbocycles. The molecule has 122 valence electrons. The van der Waals surface area contributed by atoms with Gasteiger partial charge in [-0.2, -0.15) is 0 Å². The van der Waals surface area contributed by atoms with Gasteiger partial charge < -0.3 is 9.88 Å². The molecule has 0 saturated heterocycles. The molecule has 1 aliphatic carbocycles. The third-order valence-electron chi connectivity index (χ3n) is 4.87. The molecule has 0 atom stereocenters. The Bertz CT molecular complexity index is 755. The molecule has 1 heterocycles. The van der Waals surface area contributed by atoms with Crippen LogP contribution in [0.25, 0.3) is 5.69 Å². The SMILES string of the molecule is Cc1ccc(-n2cc(CNC3CCCC3)c(=O)cc2C)c(C)c1. The summed E-state index contributed by atoms with van der Waals surface area (Å²) < 4.78 is 2.14. The fraction of sp³-hybridized carbons (Fsp3) is 0.450. The number of benzene rings is 1. The van der Waals surface area contributed by atoms with Gasteiger partial charge in [0.15, 0.2) is 5.43 Å². The molecule has 0 bridgehead atoms. The molecule has 1 aromatic carbocycles. The largest absolute Gasteiger partial charge is 0.320 e. The first kappa shape index (κ1) is 16.0. The van der Waals surface area contributed by atoms with Gasteiger partial charge in [0, 0.05) is 41.8 Å². The molecular formula is C20H26N2O. The Morgan fingerprint density at radius 1 is 1.13 bits per heavy atom. The van der Waals surface area contributed by atoms with E-state index in [0.717, 1.165) is 16.9 Å².